The molecule has 0 fully saturated rings. The van der Waals surface area contributed by atoms with E-state index in [1.807, 2.05) is 6.07 Å². The van der Waals surface area contributed by atoms with Crippen molar-refractivity contribution in [3.63, 3.8) is 0 Å². The summed E-state index contributed by atoms with van der Waals surface area (Å²) in [6, 6.07) is 6.12. The molecule has 2 N–H and O–H groups in total. The summed E-state index contributed by atoms with van der Waals surface area (Å²) < 4.78 is 3.35. The van der Waals surface area contributed by atoms with Crippen molar-refractivity contribution in [2.24, 2.45) is 14.1 Å². The fourth-order valence-corrected chi connectivity index (χ4v) is 2.43. The number of nitrogens with one attached hydrogen (secondary N) is 1. The summed E-state index contributed by atoms with van der Waals surface area (Å²) in [4.78, 5) is 11.8. The van der Waals surface area contributed by atoms with Crippen molar-refractivity contribution in [3.8, 4) is 0 Å². The van der Waals surface area contributed by atoms with Crippen molar-refractivity contribution < 1.29 is 5.11 Å². The fourth-order valence-electron chi connectivity index (χ4n) is 2.43. The number of imidazole rings is 1. The molecule has 0 saturated heterocycles. The van der Waals surface area contributed by atoms with E-state index in [4.69, 9.17) is 5.11 Å². The van der Waals surface area contributed by atoms with Gasteiger partial charge in [0.15, 0.2) is 0 Å². The molecule has 0 saturated carbocycles. The Morgan fingerprint density at radius 1 is 1.10 bits per heavy atom. The van der Waals surface area contributed by atoms with Gasteiger partial charge in [-0.25, -0.2) is 4.79 Å². The molecule has 0 atom stereocenters. The van der Waals surface area contributed by atoms with Crippen LogP contribution in [0.3, 0.4) is 0 Å². The Morgan fingerprint density at radius 3 is 2.52 bits per heavy atom. The van der Waals surface area contributed by atoms with Gasteiger partial charge >= 0.3 is 5.69 Å². The number of unbranched alkanes of at least 4 members (excludes halogenated alkanes) is 2. The zero-order chi connectivity index (χ0) is 14.5. The summed E-state index contributed by atoms with van der Waals surface area (Å²) in [5, 5.41) is 12.1. The average Bonchev–Trinajstić information content (AvgIpc) is 2.67. The molecule has 1 aromatic heterocycles. The van der Waals surface area contributed by atoms with Crippen LogP contribution in [0.4, 0.5) is 0 Å². The molecule has 1 aromatic carbocycles. The standard InChI is InChI=1S/C15H23N3O2.ClH/c1-17-13-7-6-12(10-14(13)18(2)15(17)20)11-16-8-4-3-5-9-19;/h6-7,10,16,19H,3-5,8-9,11H2,1-2H3;1H. The molecule has 6 heteroatoms. The number of fused-ring (bicyclic) bond motifs is 1. The van der Waals surface area contributed by atoms with Gasteiger partial charge in [0.1, 0.15) is 0 Å². The Bertz CT molecular complexity index is 634. The van der Waals surface area contributed by atoms with E-state index < -0.39 is 0 Å². The summed E-state index contributed by atoms with van der Waals surface area (Å²) in [5.41, 5.74) is 3.12. The number of aliphatic hydroxyl groups is 1. The van der Waals surface area contributed by atoms with E-state index in [0.29, 0.717) is 0 Å². The lowest BCUT2D eigenvalue weighted by atomic mass is 10.2. The topological polar surface area (TPSA) is 59.2 Å². The number of rotatable bonds is 7. The van der Waals surface area contributed by atoms with Gasteiger partial charge in [0.05, 0.1) is 11.0 Å². The molecule has 21 heavy (non-hydrogen) atoms. The molecule has 0 radical (unpaired) electrons. The Hall–Kier alpha value is -1.30. The van der Waals surface area contributed by atoms with Gasteiger partial charge in [-0.05, 0) is 43.5 Å². The number of benzene rings is 1. The quantitative estimate of drug-likeness (QED) is 0.763. The summed E-state index contributed by atoms with van der Waals surface area (Å²) >= 11 is 0. The number of aromatic nitrogens is 2. The van der Waals surface area contributed by atoms with Crippen molar-refractivity contribution >= 4 is 23.4 Å². The van der Waals surface area contributed by atoms with Crippen molar-refractivity contribution in [2.75, 3.05) is 13.2 Å². The van der Waals surface area contributed by atoms with E-state index in [2.05, 4.69) is 17.4 Å². The average molecular weight is 314 g/mol. The Kier molecular flexibility index (Phi) is 6.95. The highest BCUT2D eigenvalue weighted by atomic mass is 35.5. The molecule has 118 valence electrons. The van der Waals surface area contributed by atoms with Crippen LogP contribution in [-0.4, -0.2) is 27.4 Å². The van der Waals surface area contributed by atoms with E-state index >= 15 is 0 Å². The second-order valence-electron chi connectivity index (χ2n) is 5.18. The van der Waals surface area contributed by atoms with E-state index in [1.165, 1.54) is 5.56 Å². The monoisotopic (exact) mass is 313 g/mol. The lowest BCUT2D eigenvalue weighted by molar-refractivity contribution is 0.283. The zero-order valence-electron chi connectivity index (χ0n) is 12.6. The zero-order valence-corrected chi connectivity index (χ0v) is 13.4. The minimum atomic E-state index is 0. The first-order chi connectivity index (χ1) is 9.65. The van der Waals surface area contributed by atoms with Gasteiger partial charge in [-0.3, -0.25) is 9.13 Å². The number of aryl methyl sites for hydroxylation is 2. The molecule has 5 nitrogen and oxygen atoms in total. The third kappa shape index (κ3) is 4.09. The molecule has 0 aliphatic carbocycles. The van der Waals surface area contributed by atoms with E-state index in [-0.39, 0.29) is 24.7 Å². The number of nitrogens with zero attached hydrogens (tertiary/aromatic N) is 2. The molecular formula is C15H24ClN3O2. The summed E-state index contributed by atoms with van der Waals surface area (Å²) in [5.74, 6) is 0. The van der Waals surface area contributed by atoms with Crippen molar-refractivity contribution in [1.29, 1.82) is 0 Å². The predicted octanol–water partition coefficient (Wildman–Crippen LogP) is 1.55. The number of halogens is 1. The van der Waals surface area contributed by atoms with Crippen LogP contribution < -0.4 is 11.0 Å². The molecule has 1 heterocycles. The lowest BCUT2D eigenvalue weighted by Crippen LogP contribution is -2.19. The van der Waals surface area contributed by atoms with Gasteiger partial charge in [-0.2, -0.15) is 0 Å². The first kappa shape index (κ1) is 17.8. The summed E-state index contributed by atoms with van der Waals surface area (Å²) in [6.07, 6.45) is 3.00. The van der Waals surface area contributed by atoms with Crippen LogP contribution in [0, 0.1) is 0 Å². The van der Waals surface area contributed by atoms with Gasteiger partial charge in [-0.15, -0.1) is 12.4 Å². The van der Waals surface area contributed by atoms with E-state index in [1.54, 1.807) is 23.2 Å². The normalized spacial score (nSPS) is 10.8. The highest BCUT2D eigenvalue weighted by Crippen LogP contribution is 2.13. The third-order valence-corrected chi connectivity index (χ3v) is 3.68. The van der Waals surface area contributed by atoms with Crippen LogP contribution >= 0.6 is 12.4 Å². The lowest BCUT2D eigenvalue weighted by Gasteiger charge is -2.05. The van der Waals surface area contributed by atoms with Crippen molar-refractivity contribution in [3.05, 3.63) is 34.2 Å². The van der Waals surface area contributed by atoms with Crippen molar-refractivity contribution in [2.45, 2.75) is 25.8 Å². The number of aliphatic hydroxyl groups excluding tert-OH is 1. The maximum Gasteiger partial charge on any atom is 0.328 e. The van der Waals surface area contributed by atoms with Gasteiger partial charge in [0.25, 0.3) is 0 Å². The number of hydrogen-bond donors (Lipinski definition) is 2. The molecule has 0 aliphatic heterocycles. The maximum absolute atomic E-state index is 11.8. The first-order valence-corrected chi connectivity index (χ1v) is 7.11. The third-order valence-electron chi connectivity index (χ3n) is 3.68. The second kappa shape index (κ2) is 8.22. The first-order valence-electron chi connectivity index (χ1n) is 7.11. The van der Waals surface area contributed by atoms with Gasteiger partial charge < -0.3 is 10.4 Å². The van der Waals surface area contributed by atoms with Crippen LogP contribution in [0.1, 0.15) is 24.8 Å². The highest BCUT2D eigenvalue weighted by Gasteiger charge is 2.07. The molecule has 0 spiro atoms. The van der Waals surface area contributed by atoms with E-state index in [0.717, 1.165) is 43.4 Å². The SMILES string of the molecule is Cl.Cn1c(=O)n(C)c2cc(CNCCCCCO)ccc21. The minimum Gasteiger partial charge on any atom is -0.396 e. The van der Waals surface area contributed by atoms with Gasteiger partial charge in [0.2, 0.25) is 0 Å². The fraction of sp³-hybridized carbons (Fsp3) is 0.533. The predicted molar refractivity (Wildman–Crippen MR) is 88.1 cm³/mol. The smallest absolute Gasteiger partial charge is 0.328 e. The van der Waals surface area contributed by atoms with Crippen LogP contribution in [-0.2, 0) is 20.6 Å². The van der Waals surface area contributed by atoms with Gasteiger partial charge in [0, 0.05) is 27.2 Å². The van der Waals surface area contributed by atoms with Crippen LogP contribution in [0.15, 0.2) is 23.0 Å². The maximum atomic E-state index is 11.8. The molecule has 0 bridgehead atoms. The Labute approximate surface area is 131 Å². The van der Waals surface area contributed by atoms with Crippen LogP contribution in [0.5, 0.6) is 0 Å². The minimum absolute atomic E-state index is 0. The number of hydrogen-bond acceptors (Lipinski definition) is 3. The van der Waals surface area contributed by atoms with Crippen molar-refractivity contribution in [1.82, 2.24) is 14.5 Å². The largest absolute Gasteiger partial charge is 0.396 e. The highest BCUT2D eigenvalue weighted by molar-refractivity contribution is 5.85. The molecule has 2 aromatic rings. The molecule has 0 amide bonds. The molecular weight excluding hydrogens is 290 g/mol. The Morgan fingerprint density at radius 2 is 1.81 bits per heavy atom. The Balaban J connectivity index is 0.00000220. The molecule has 0 unspecified atom stereocenters. The van der Waals surface area contributed by atoms with E-state index in [9.17, 15) is 4.79 Å². The summed E-state index contributed by atoms with van der Waals surface area (Å²) in [6.45, 7) is 2.03. The van der Waals surface area contributed by atoms with Crippen LogP contribution in [0.2, 0.25) is 0 Å². The molecule has 2 rings (SSSR count). The van der Waals surface area contributed by atoms with Crippen LogP contribution in [0.25, 0.3) is 11.0 Å². The second-order valence-corrected chi connectivity index (χ2v) is 5.18. The summed E-state index contributed by atoms with van der Waals surface area (Å²) in [7, 11) is 3.60. The van der Waals surface area contributed by atoms with Gasteiger partial charge in [-0.1, -0.05) is 6.07 Å². The molecule has 0 aliphatic rings.